The minimum Gasteiger partial charge on any atom is -0.491 e. The van der Waals surface area contributed by atoms with Gasteiger partial charge < -0.3 is 14.6 Å². The van der Waals surface area contributed by atoms with Crippen LogP contribution in [0.15, 0.2) is 29.1 Å². The number of carbonyl (C=O) groups is 1. The summed E-state index contributed by atoms with van der Waals surface area (Å²) < 4.78 is 7.08. The third kappa shape index (κ3) is 3.33. The molecule has 1 aromatic heterocycles. The van der Waals surface area contributed by atoms with Crippen LogP contribution in [0.4, 0.5) is 5.69 Å². The summed E-state index contributed by atoms with van der Waals surface area (Å²) in [5.41, 5.74) is 1.27. The van der Waals surface area contributed by atoms with Gasteiger partial charge in [0.1, 0.15) is 10.6 Å². The van der Waals surface area contributed by atoms with E-state index in [2.05, 4.69) is 5.32 Å². The van der Waals surface area contributed by atoms with E-state index in [-0.39, 0.29) is 10.8 Å². The van der Waals surface area contributed by atoms with Gasteiger partial charge in [-0.1, -0.05) is 30.4 Å². The molecule has 1 aromatic carbocycles. The molecule has 0 bridgehead atoms. The molecule has 0 aliphatic carbocycles. The van der Waals surface area contributed by atoms with Crippen LogP contribution in [0.25, 0.3) is 0 Å². The number of thiazole rings is 1. The van der Waals surface area contributed by atoms with Gasteiger partial charge in [-0.2, -0.15) is 0 Å². The SMILES string of the molecule is CCCOc1ccccc1NC(=O)c1sc(=O)n(C)c1C. The lowest BCUT2D eigenvalue weighted by Crippen LogP contribution is -2.13. The van der Waals surface area contributed by atoms with Gasteiger partial charge in [0.2, 0.25) is 0 Å². The summed E-state index contributed by atoms with van der Waals surface area (Å²) in [5.74, 6) is 0.344. The average Bonchev–Trinajstić information content (AvgIpc) is 2.74. The molecule has 6 heteroatoms. The van der Waals surface area contributed by atoms with Crippen LogP contribution in [0.5, 0.6) is 5.75 Å². The van der Waals surface area contributed by atoms with Crippen LogP contribution in [-0.4, -0.2) is 17.1 Å². The molecular formula is C15H18N2O3S. The van der Waals surface area contributed by atoms with Crippen molar-refractivity contribution in [1.82, 2.24) is 4.57 Å². The van der Waals surface area contributed by atoms with Gasteiger partial charge in [-0.3, -0.25) is 9.59 Å². The van der Waals surface area contributed by atoms with Crippen molar-refractivity contribution in [1.29, 1.82) is 0 Å². The number of hydrogen-bond acceptors (Lipinski definition) is 4. The summed E-state index contributed by atoms with van der Waals surface area (Å²) in [6.07, 6.45) is 0.891. The Kier molecular flexibility index (Phi) is 4.80. The van der Waals surface area contributed by atoms with Crippen molar-refractivity contribution in [2.75, 3.05) is 11.9 Å². The predicted octanol–water partition coefficient (Wildman–Crippen LogP) is 2.80. The van der Waals surface area contributed by atoms with Crippen molar-refractivity contribution in [3.05, 3.63) is 44.5 Å². The number of ether oxygens (including phenoxy) is 1. The summed E-state index contributed by atoms with van der Waals surface area (Å²) in [6.45, 7) is 4.36. The fraction of sp³-hybridized carbons (Fsp3) is 0.333. The number of nitrogens with zero attached hydrogens (tertiary/aromatic N) is 1. The largest absolute Gasteiger partial charge is 0.491 e. The van der Waals surface area contributed by atoms with Gasteiger partial charge in [0.05, 0.1) is 12.3 Å². The molecule has 1 N–H and O–H groups in total. The minimum atomic E-state index is -0.289. The van der Waals surface area contributed by atoms with Crippen molar-refractivity contribution in [2.24, 2.45) is 7.05 Å². The molecule has 0 atom stereocenters. The highest BCUT2D eigenvalue weighted by molar-refractivity contribution is 7.11. The molecule has 21 heavy (non-hydrogen) atoms. The lowest BCUT2D eigenvalue weighted by atomic mass is 10.2. The van der Waals surface area contributed by atoms with Crippen LogP contribution < -0.4 is 14.9 Å². The molecule has 0 unspecified atom stereocenters. The van der Waals surface area contributed by atoms with Crippen molar-refractivity contribution in [3.8, 4) is 5.75 Å². The molecular weight excluding hydrogens is 288 g/mol. The number of amides is 1. The molecule has 1 amide bonds. The van der Waals surface area contributed by atoms with Crippen molar-refractivity contribution < 1.29 is 9.53 Å². The van der Waals surface area contributed by atoms with Crippen molar-refractivity contribution >= 4 is 22.9 Å². The van der Waals surface area contributed by atoms with E-state index in [1.165, 1.54) is 4.57 Å². The monoisotopic (exact) mass is 306 g/mol. The fourth-order valence-electron chi connectivity index (χ4n) is 1.82. The van der Waals surface area contributed by atoms with E-state index < -0.39 is 0 Å². The summed E-state index contributed by atoms with van der Waals surface area (Å²) >= 11 is 0.947. The van der Waals surface area contributed by atoms with Gasteiger partial charge in [0.15, 0.2) is 0 Å². The van der Waals surface area contributed by atoms with Crippen molar-refractivity contribution in [3.63, 3.8) is 0 Å². The molecule has 0 fully saturated rings. The van der Waals surface area contributed by atoms with Crippen LogP contribution in [-0.2, 0) is 7.05 Å². The molecule has 2 rings (SSSR count). The van der Waals surface area contributed by atoms with E-state index in [1.54, 1.807) is 20.0 Å². The number of carbonyl (C=O) groups excluding carboxylic acids is 1. The zero-order chi connectivity index (χ0) is 15.4. The van der Waals surface area contributed by atoms with E-state index in [4.69, 9.17) is 4.74 Å². The lowest BCUT2D eigenvalue weighted by molar-refractivity contribution is 0.102. The number of rotatable bonds is 5. The normalized spacial score (nSPS) is 10.4. The predicted molar refractivity (Wildman–Crippen MR) is 84.5 cm³/mol. The Morgan fingerprint density at radius 1 is 1.38 bits per heavy atom. The Labute approximate surface area is 127 Å². The molecule has 112 valence electrons. The number of anilines is 1. The van der Waals surface area contributed by atoms with E-state index in [1.807, 2.05) is 25.1 Å². The molecule has 0 spiro atoms. The van der Waals surface area contributed by atoms with Crippen LogP contribution in [0.2, 0.25) is 0 Å². The topological polar surface area (TPSA) is 60.3 Å². The first-order valence-corrected chi connectivity index (χ1v) is 7.55. The summed E-state index contributed by atoms with van der Waals surface area (Å²) in [7, 11) is 1.66. The van der Waals surface area contributed by atoms with Crippen LogP contribution in [0.3, 0.4) is 0 Å². The Balaban J connectivity index is 2.23. The Hall–Kier alpha value is -2.08. The third-order valence-electron chi connectivity index (χ3n) is 3.10. The van der Waals surface area contributed by atoms with Crippen LogP contribution >= 0.6 is 11.3 Å². The number of aromatic nitrogens is 1. The maximum atomic E-state index is 12.3. The zero-order valence-corrected chi connectivity index (χ0v) is 13.1. The number of para-hydroxylation sites is 2. The fourth-order valence-corrected chi connectivity index (χ4v) is 2.69. The van der Waals surface area contributed by atoms with Gasteiger partial charge in [-0.25, -0.2) is 0 Å². The second kappa shape index (κ2) is 6.58. The van der Waals surface area contributed by atoms with Gasteiger partial charge in [-0.05, 0) is 25.5 Å². The third-order valence-corrected chi connectivity index (χ3v) is 4.23. The smallest absolute Gasteiger partial charge is 0.307 e. The highest BCUT2D eigenvalue weighted by Crippen LogP contribution is 2.25. The van der Waals surface area contributed by atoms with Gasteiger partial charge in [0, 0.05) is 12.7 Å². The molecule has 0 saturated carbocycles. The van der Waals surface area contributed by atoms with E-state index >= 15 is 0 Å². The molecule has 1 heterocycles. The Morgan fingerprint density at radius 2 is 2.10 bits per heavy atom. The quantitative estimate of drug-likeness (QED) is 0.924. The molecule has 0 aliphatic rings. The Bertz CT molecular complexity index is 703. The standard InChI is InChI=1S/C15H18N2O3S/c1-4-9-20-12-8-6-5-7-11(12)16-14(18)13-10(2)17(3)15(19)21-13/h5-8H,4,9H2,1-3H3,(H,16,18). The summed E-state index contributed by atoms with van der Waals surface area (Å²) in [4.78, 5) is 24.2. The molecule has 0 saturated heterocycles. The van der Waals surface area contributed by atoms with E-state index in [9.17, 15) is 9.59 Å². The number of benzene rings is 1. The summed E-state index contributed by atoms with van der Waals surface area (Å²) in [6, 6.07) is 7.27. The van der Waals surface area contributed by atoms with Crippen molar-refractivity contribution in [2.45, 2.75) is 20.3 Å². The van der Waals surface area contributed by atoms with Crippen LogP contribution in [0.1, 0.15) is 28.7 Å². The van der Waals surface area contributed by atoms with Gasteiger partial charge in [0.25, 0.3) is 5.91 Å². The second-order valence-corrected chi connectivity index (χ2v) is 5.60. The first kappa shape index (κ1) is 15.3. The zero-order valence-electron chi connectivity index (χ0n) is 12.3. The molecule has 0 aliphatic heterocycles. The van der Waals surface area contributed by atoms with Gasteiger partial charge >= 0.3 is 4.87 Å². The first-order valence-electron chi connectivity index (χ1n) is 6.74. The highest BCUT2D eigenvalue weighted by Gasteiger charge is 2.17. The Morgan fingerprint density at radius 3 is 2.71 bits per heavy atom. The minimum absolute atomic E-state index is 0.145. The molecule has 0 radical (unpaired) electrons. The van der Waals surface area contributed by atoms with E-state index in [0.717, 1.165) is 17.8 Å². The first-order chi connectivity index (χ1) is 10.0. The number of nitrogens with one attached hydrogen (secondary N) is 1. The highest BCUT2D eigenvalue weighted by atomic mass is 32.1. The summed E-state index contributed by atoms with van der Waals surface area (Å²) in [5, 5.41) is 2.81. The maximum absolute atomic E-state index is 12.3. The lowest BCUT2D eigenvalue weighted by Gasteiger charge is -2.11. The van der Waals surface area contributed by atoms with Crippen LogP contribution in [0, 0.1) is 6.92 Å². The molecule has 5 nitrogen and oxygen atoms in total. The van der Waals surface area contributed by atoms with E-state index in [0.29, 0.717) is 28.6 Å². The molecule has 2 aromatic rings. The average molecular weight is 306 g/mol. The maximum Gasteiger partial charge on any atom is 0.307 e. The number of hydrogen-bond donors (Lipinski definition) is 1. The van der Waals surface area contributed by atoms with Gasteiger partial charge in [-0.15, -0.1) is 0 Å². The second-order valence-electron chi connectivity index (χ2n) is 4.64.